The van der Waals surface area contributed by atoms with Gasteiger partial charge in [0.1, 0.15) is 5.75 Å². The molecular formula is C20H19Cl2N3O3. The van der Waals surface area contributed by atoms with Crippen molar-refractivity contribution in [2.24, 2.45) is 5.10 Å². The summed E-state index contributed by atoms with van der Waals surface area (Å²) in [4.78, 5) is 23.6. The van der Waals surface area contributed by atoms with Crippen LogP contribution >= 0.6 is 23.2 Å². The SMILES string of the molecule is COc1ccc(/C=C/C(=O)NCC(=O)N/N=C(\C)c2ccc(Cl)c(Cl)c2)cc1. The molecule has 0 atom stereocenters. The van der Waals surface area contributed by atoms with Gasteiger partial charge in [0.15, 0.2) is 0 Å². The maximum absolute atomic E-state index is 11.8. The van der Waals surface area contributed by atoms with Crippen LogP contribution < -0.4 is 15.5 Å². The maximum atomic E-state index is 11.8. The number of halogens is 2. The minimum Gasteiger partial charge on any atom is -0.497 e. The van der Waals surface area contributed by atoms with Crippen molar-refractivity contribution in [3.05, 3.63) is 69.7 Å². The zero-order valence-electron chi connectivity index (χ0n) is 15.3. The Morgan fingerprint density at radius 1 is 1.11 bits per heavy atom. The van der Waals surface area contributed by atoms with Crippen molar-refractivity contribution in [2.45, 2.75) is 6.92 Å². The van der Waals surface area contributed by atoms with Gasteiger partial charge in [-0.3, -0.25) is 9.59 Å². The van der Waals surface area contributed by atoms with Gasteiger partial charge in [0, 0.05) is 6.08 Å². The number of nitrogens with one attached hydrogen (secondary N) is 2. The lowest BCUT2D eigenvalue weighted by Gasteiger charge is -2.05. The van der Waals surface area contributed by atoms with E-state index < -0.39 is 11.8 Å². The molecule has 2 N–H and O–H groups in total. The van der Waals surface area contributed by atoms with Crippen molar-refractivity contribution in [3.8, 4) is 5.75 Å². The van der Waals surface area contributed by atoms with Gasteiger partial charge in [-0.15, -0.1) is 0 Å². The van der Waals surface area contributed by atoms with Crippen LogP contribution in [0.4, 0.5) is 0 Å². The molecule has 6 nitrogen and oxygen atoms in total. The van der Waals surface area contributed by atoms with Crippen LogP contribution in [0, 0.1) is 0 Å². The predicted molar refractivity (Wildman–Crippen MR) is 112 cm³/mol. The number of carbonyl (C=O) groups is 2. The van der Waals surface area contributed by atoms with Crippen LogP contribution in [0.25, 0.3) is 6.08 Å². The Hall–Kier alpha value is -2.83. The fourth-order valence-electron chi connectivity index (χ4n) is 2.08. The summed E-state index contributed by atoms with van der Waals surface area (Å²) in [5.41, 5.74) is 4.49. The number of methoxy groups -OCH3 is 1. The molecule has 8 heteroatoms. The molecule has 0 saturated carbocycles. The molecule has 0 heterocycles. The summed E-state index contributed by atoms with van der Waals surface area (Å²) < 4.78 is 5.07. The van der Waals surface area contributed by atoms with Crippen molar-refractivity contribution in [1.82, 2.24) is 10.7 Å². The van der Waals surface area contributed by atoms with Crippen LogP contribution in [0.3, 0.4) is 0 Å². The highest BCUT2D eigenvalue weighted by Crippen LogP contribution is 2.22. The topological polar surface area (TPSA) is 79.8 Å². The average molecular weight is 420 g/mol. The van der Waals surface area contributed by atoms with Crippen LogP contribution in [0.5, 0.6) is 5.75 Å². The number of hydrogen-bond donors (Lipinski definition) is 2. The fourth-order valence-corrected chi connectivity index (χ4v) is 2.38. The standard InChI is InChI=1S/C20H19Cl2N3O3/c1-13(15-6-9-17(21)18(22)11-15)24-25-20(27)12-23-19(26)10-5-14-3-7-16(28-2)8-4-14/h3-11H,12H2,1-2H3,(H,23,26)(H,25,27)/b10-5+,24-13+. The third kappa shape index (κ3) is 6.72. The lowest BCUT2D eigenvalue weighted by Crippen LogP contribution is -2.34. The number of carbonyl (C=O) groups excluding carboxylic acids is 2. The van der Waals surface area contributed by atoms with Gasteiger partial charge in [0.2, 0.25) is 5.91 Å². The Kier molecular flexibility index (Phi) is 8.04. The van der Waals surface area contributed by atoms with Crippen LogP contribution in [0.2, 0.25) is 10.0 Å². The Bertz CT molecular complexity index is 909. The van der Waals surface area contributed by atoms with E-state index in [9.17, 15) is 9.59 Å². The van der Waals surface area contributed by atoms with Gasteiger partial charge in [-0.05, 0) is 48.4 Å². The highest BCUT2D eigenvalue weighted by Gasteiger charge is 2.05. The van der Waals surface area contributed by atoms with Crippen LogP contribution in [0.1, 0.15) is 18.1 Å². The summed E-state index contributed by atoms with van der Waals surface area (Å²) in [5, 5.41) is 7.31. The highest BCUT2D eigenvalue weighted by molar-refractivity contribution is 6.42. The van der Waals surface area contributed by atoms with Crippen LogP contribution in [-0.2, 0) is 9.59 Å². The van der Waals surface area contributed by atoms with E-state index in [0.717, 1.165) is 16.9 Å². The molecule has 0 fully saturated rings. The highest BCUT2D eigenvalue weighted by atomic mass is 35.5. The van der Waals surface area contributed by atoms with Crippen molar-refractivity contribution < 1.29 is 14.3 Å². The number of ether oxygens (including phenoxy) is 1. The van der Waals surface area contributed by atoms with Gasteiger partial charge in [-0.1, -0.05) is 41.4 Å². The van der Waals surface area contributed by atoms with Gasteiger partial charge < -0.3 is 10.1 Å². The van der Waals surface area contributed by atoms with Crippen LogP contribution in [-0.4, -0.2) is 31.2 Å². The normalized spacial score (nSPS) is 11.4. The first kappa shape index (κ1) is 21.5. The zero-order valence-corrected chi connectivity index (χ0v) is 16.8. The van der Waals surface area contributed by atoms with Crippen molar-refractivity contribution in [1.29, 1.82) is 0 Å². The molecule has 0 aromatic heterocycles. The van der Waals surface area contributed by atoms with E-state index in [-0.39, 0.29) is 6.54 Å². The molecule has 2 amide bonds. The molecular weight excluding hydrogens is 401 g/mol. The number of hydrazone groups is 1. The van der Waals surface area contributed by atoms with E-state index in [0.29, 0.717) is 15.8 Å². The molecule has 0 unspecified atom stereocenters. The third-order valence-corrected chi connectivity index (χ3v) is 4.39. The fraction of sp³-hybridized carbons (Fsp3) is 0.150. The summed E-state index contributed by atoms with van der Waals surface area (Å²) in [7, 11) is 1.58. The molecule has 0 aliphatic carbocycles. The van der Waals surface area contributed by atoms with E-state index in [4.69, 9.17) is 27.9 Å². The summed E-state index contributed by atoms with van der Waals surface area (Å²) >= 11 is 11.8. The molecule has 0 radical (unpaired) electrons. The molecule has 2 aromatic rings. The van der Waals surface area contributed by atoms with E-state index in [2.05, 4.69) is 15.8 Å². The summed E-state index contributed by atoms with van der Waals surface area (Å²) in [6.45, 7) is 1.51. The number of rotatable bonds is 7. The second-order valence-corrected chi connectivity index (χ2v) is 6.50. The average Bonchev–Trinajstić information content (AvgIpc) is 2.71. The smallest absolute Gasteiger partial charge is 0.259 e. The molecule has 2 aromatic carbocycles. The molecule has 0 aliphatic rings. The van der Waals surface area contributed by atoms with E-state index in [1.807, 2.05) is 12.1 Å². The minimum atomic E-state index is -0.453. The number of nitrogens with zero attached hydrogens (tertiary/aromatic N) is 1. The van der Waals surface area contributed by atoms with E-state index in [1.165, 1.54) is 6.08 Å². The van der Waals surface area contributed by atoms with Crippen molar-refractivity contribution in [2.75, 3.05) is 13.7 Å². The quantitative estimate of drug-likeness (QED) is 0.408. The molecule has 28 heavy (non-hydrogen) atoms. The van der Waals surface area contributed by atoms with Gasteiger partial charge >= 0.3 is 0 Å². The number of benzene rings is 2. The van der Waals surface area contributed by atoms with Gasteiger partial charge in [0.25, 0.3) is 5.91 Å². The Balaban J connectivity index is 1.81. The van der Waals surface area contributed by atoms with Gasteiger partial charge in [-0.25, -0.2) is 5.43 Å². The van der Waals surface area contributed by atoms with Gasteiger partial charge in [-0.2, -0.15) is 5.10 Å². The summed E-state index contributed by atoms with van der Waals surface area (Å²) in [6, 6.07) is 12.3. The number of hydrogen-bond acceptors (Lipinski definition) is 4. The molecule has 0 bridgehead atoms. The maximum Gasteiger partial charge on any atom is 0.259 e. The second-order valence-electron chi connectivity index (χ2n) is 5.69. The molecule has 0 aliphatic heterocycles. The molecule has 2 rings (SSSR count). The molecule has 0 saturated heterocycles. The predicted octanol–water partition coefficient (Wildman–Crippen LogP) is 3.67. The first-order chi connectivity index (χ1) is 13.4. The van der Waals surface area contributed by atoms with Gasteiger partial charge in [0.05, 0.1) is 29.4 Å². The Morgan fingerprint density at radius 3 is 2.46 bits per heavy atom. The minimum absolute atomic E-state index is 0.204. The third-order valence-electron chi connectivity index (χ3n) is 3.65. The first-order valence-corrected chi connectivity index (χ1v) is 9.03. The largest absolute Gasteiger partial charge is 0.497 e. The Morgan fingerprint density at radius 2 is 1.82 bits per heavy atom. The van der Waals surface area contributed by atoms with Crippen molar-refractivity contribution >= 4 is 46.8 Å². The van der Waals surface area contributed by atoms with E-state index >= 15 is 0 Å². The van der Waals surface area contributed by atoms with Crippen LogP contribution in [0.15, 0.2) is 53.6 Å². The van der Waals surface area contributed by atoms with Crippen molar-refractivity contribution in [3.63, 3.8) is 0 Å². The summed E-state index contributed by atoms with van der Waals surface area (Å²) in [6.07, 6.45) is 2.98. The monoisotopic (exact) mass is 419 g/mol. The zero-order chi connectivity index (χ0) is 20.5. The lowest BCUT2D eigenvalue weighted by molar-refractivity contribution is -0.123. The Labute approximate surface area is 173 Å². The summed E-state index contributed by atoms with van der Waals surface area (Å²) in [5.74, 6) is -0.114. The van der Waals surface area contributed by atoms with E-state index in [1.54, 1.807) is 50.4 Å². The first-order valence-electron chi connectivity index (χ1n) is 8.27. The lowest BCUT2D eigenvalue weighted by atomic mass is 10.1. The number of amides is 2. The second kappa shape index (κ2) is 10.5. The molecule has 0 spiro atoms. The molecule has 146 valence electrons.